The van der Waals surface area contributed by atoms with E-state index in [4.69, 9.17) is 0 Å². The van der Waals surface area contributed by atoms with Gasteiger partial charge in [0.2, 0.25) is 0 Å². The van der Waals surface area contributed by atoms with Crippen LogP contribution in [-0.4, -0.2) is 21.0 Å². The number of carboxylic acids is 1. The maximum Gasteiger partial charge on any atom is 0.344 e. The van der Waals surface area contributed by atoms with Crippen LogP contribution in [0.25, 0.3) is 21.7 Å². The van der Waals surface area contributed by atoms with Gasteiger partial charge in [-0.1, -0.05) is 38.1 Å². The van der Waals surface area contributed by atoms with E-state index in [9.17, 15) is 9.90 Å². The molecule has 0 aliphatic carbocycles. The first-order valence-corrected chi connectivity index (χ1v) is 8.64. The smallest absolute Gasteiger partial charge is 0.344 e. The largest absolute Gasteiger partial charge is 0.477 e. The molecular formula is C22H17N3O2. The third-order valence-electron chi connectivity index (χ3n) is 4.48. The monoisotopic (exact) mass is 355 g/mol. The van der Waals surface area contributed by atoms with Crippen molar-refractivity contribution in [3.05, 3.63) is 72.1 Å². The number of hydrogen-bond acceptors (Lipinski definition) is 4. The summed E-state index contributed by atoms with van der Waals surface area (Å²) in [6.07, 6.45) is 3.45. The second-order valence-electron chi connectivity index (χ2n) is 6.66. The van der Waals surface area contributed by atoms with Crippen LogP contribution >= 0.6 is 0 Å². The molecule has 0 aliphatic rings. The van der Waals surface area contributed by atoms with Crippen LogP contribution in [0.15, 0.2) is 48.8 Å². The summed E-state index contributed by atoms with van der Waals surface area (Å²) < 4.78 is 0. The van der Waals surface area contributed by atoms with Crippen molar-refractivity contribution < 1.29 is 9.90 Å². The summed E-state index contributed by atoms with van der Waals surface area (Å²) in [5.41, 5.74) is 2.72. The SMILES string of the molecule is CC(C)c1cccc(Nc2nc3cc(C(=O)O)c#cc3c3cnccc23)c1. The third kappa shape index (κ3) is 3.13. The van der Waals surface area contributed by atoms with Gasteiger partial charge >= 0.3 is 5.97 Å². The summed E-state index contributed by atoms with van der Waals surface area (Å²) in [5, 5.41) is 15.0. The van der Waals surface area contributed by atoms with E-state index < -0.39 is 5.97 Å². The Morgan fingerprint density at radius 3 is 2.78 bits per heavy atom. The van der Waals surface area contributed by atoms with Crippen LogP contribution < -0.4 is 5.32 Å². The Bertz CT molecular complexity index is 1170. The van der Waals surface area contributed by atoms with Crippen molar-refractivity contribution in [1.29, 1.82) is 0 Å². The number of rotatable bonds is 4. The van der Waals surface area contributed by atoms with E-state index in [1.54, 1.807) is 12.4 Å². The lowest BCUT2D eigenvalue weighted by molar-refractivity contribution is 0.0697. The Kier molecular flexibility index (Phi) is 4.09. The van der Waals surface area contributed by atoms with Crippen LogP contribution in [0.5, 0.6) is 0 Å². The normalized spacial score (nSPS) is 10.9. The lowest BCUT2D eigenvalue weighted by Crippen LogP contribution is -1.99. The van der Waals surface area contributed by atoms with Gasteiger partial charge in [-0.15, -0.1) is 0 Å². The summed E-state index contributed by atoms with van der Waals surface area (Å²) in [6, 6.07) is 17.2. The van der Waals surface area contributed by atoms with Crippen LogP contribution in [0, 0.1) is 12.1 Å². The summed E-state index contributed by atoms with van der Waals surface area (Å²) in [7, 11) is 0. The van der Waals surface area contributed by atoms with Crippen molar-refractivity contribution >= 4 is 39.1 Å². The molecule has 0 amide bonds. The molecule has 0 saturated carbocycles. The van der Waals surface area contributed by atoms with Crippen molar-refractivity contribution in [2.75, 3.05) is 5.32 Å². The third-order valence-corrected chi connectivity index (χ3v) is 4.48. The minimum atomic E-state index is -1.06. The zero-order chi connectivity index (χ0) is 19.0. The number of anilines is 2. The number of carbonyl (C=O) groups is 1. The molecule has 0 saturated heterocycles. The van der Waals surface area contributed by atoms with E-state index in [1.165, 1.54) is 11.6 Å². The van der Waals surface area contributed by atoms with E-state index in [0.29, 0.717) is 22.6 Å². The fourth-order valence-electron chi connectivity index (χ4n) is 3.04. The summed E-state index contributed by atoms with van der Waals surface area (Å²) >= 11 is 0. The van der Waals surface area contributed by atoms with E-state index in [2.05, 4.69) is 53.4 Å². The highest BCUT2D eigenvalue weighted by atomic mass is 16.4. The Hall–Kier alpha value is -3.65. The number of aromatic carboxylic acids is 1. The van der Waals surface area contributed by atoms with Crippen LogP contribution in [-0.2, 0) is 0 Å². The molecule has 2 aromatic carbocycles. The van der Waals surface area contributed by atoms with E-state index in [-0.39, 0.29) is 5.56 Å². The first-order valence-electron chi connectivity index (χ1n) is 8.64. The Balaban J connectivity index is 1.90. The lowest BCUT2D eigenvalue weighted by Gasteiger charge is -2.13. The molecule has 27 heavy (non-hydrogen) atoms. The molecule has 2 aromatic heterocycles. The Morgan fingerprint density at radius 1 is 1.15 bits per heavy atom. The molecule has 0 spiro atoms. The van der Waals surface area contributed by atoms with Crippen molar-refractivity contribution in [2.45, 2.75) is 19.8 Å². The summed E-state index contributed by atoms with van der Waals surface area (Å²) in [5.74, 6) is 0.0117. The molecule has 5 heteroatoms. The zero-order valence-electron chi connectivity index (χ0n) is 14.9. The van der Waals surface area contributed by atoms with Gasteiger partial charge in [0.25, 0.3) is 0 Å². The standard InChI is InChI=1S/C22H17N3O2/c1-13(2)14-4-3-5-16(10-14)24-21-18-8-9-23-12-19(18)17-7-6-15(22(26)27)11-20(17)25-21/h3-5,8-13H,1-2H3,(H,24,25)(H,26,27). The highest BCUT2D eigenvalue weighted by molar-refractivity contribution is 6.10. The van der Waals surface area contributed by atoms with Crippen molar-refractivity contribution in [3.8, 4) is 0 Å². The molecule has 0 atom stereocenters. The first kappa shape index (κ1) is 16.8. The molecule has 0 aliphatic heterocycles. The molecule has 4 aromatic rings. The number of pyridine rings is 2. The quantitative estimate of drug-likeness (QED) is 0.542. The van der Waals surface area contributed by atoms with Gasteiger partial charge in [0, 0.05) is 28.9 Å². The number of benzene rings is 1. The van der Waals surface area contributed by atoms with Crippen molar-refractivity contribution in [3.63, 3.8) is 0 Å². The predicted octanol–water partition coefficient (Wildman–Crippen LogP) is 4.95. The number of nitrogens with one attached hydrogen (secondary N) is 1. The molecule has 0 radical (unpaired) electrons. The second-order valence-corrected chi connectivity index (χ2v) is 6.66. The molecule has 2 heterocycles. The molecule has 0 unspecified atom stereocenters. The van der Waals surface area contributed by atoms with Gasteiger partial charge < -0.3 is 10.4 Å². The van der Waals surface area contributed by atoms with Gasteiger partial charge in [-0.2, -0.15) is 0 Å². The van der Waals surface area contributed by atoms with Gasteiger partial charge in [0.05, 0.1) is 10.9 Å². The predicted molar refractivity (Wildman–Crippen MR) is 105 cm³/mol. The number of hydrogen-bond donors (Lipinski definition) is 2. The molecule has 4 rings (SSSR count). The maximum absolute atomic E-state index is 11.3. The zero-order valence-corrected chi connectivity index (χ0v) is 14.9. The molecule has 5 nitrogen and oxygen atoms in total. The van der Waals surface area contributed by atoms with E-state index >= 15 is 0 Å². The van der Waals surface area contributed by atoms with Gasteiger partial charge in [-0.05, 0) is 35.7 Å². The van der Waals surface area contributed by atoms with E-state index in [1.807, 2.05) is 18.2 Å². The highest BCUT2D eigenvalue weighted by Gasteiger charge is 2.11. The van der Waals surface area contributed by atoms with E-state index in [0.717, 1.165) is 16.5 Å². The number of fused-ring (bicyclic) bond motifs is 3. The van der Waals surface area contributed by atoms with Crippen LogP contribution in [0.1, 0.15) is 35.7 Å². The van der Waals surface area contributed by atoms with Crippen molar-refractivity contribution in [2.24, 2.45) is 0 Å². The van der Waals surface area contributed by atoms with Crippen LogP contribution in [0.2, 0.25) is 0 Å². The fraction of sp³-hybridized carbons (Fsp3) is 0.136. The van der Waals surface area contributed by atoms with Crippen molar-refractivity contribution in [1.82, 2.24) is 9.97 Å². The Morgan fingerprint density at radius 2 is 2.00 bits per heavy atom. The lowest BCUT2D eigenvalue weighted by atomic mass is 10.0. The first-order chi connectivity index (χ1) is 13.0. The molecule has 132 valence electrons. The minimum absolute atomic E-state index is 0.0333. The Labute approximate surface area is 156 Å². The topological polar surface area (TPSA) is 75.1 Å². The minimum Gasteiger partial charge on any atom is -0.477 e. The number of nitrogens with zero attached hydrogens (tertiary/aromatic N) is 2. The van der Waals surface area contributed by atoms with Crippen LogP contribution in [0.3, 0.4) is 0 Å². The molecule has 0 fully saturated rings. The highest BCUT2D eigenvalue weighted by Crippen LogP contribution is 2.30. The van der Waals surface area contributed by atoms with Gasteiger partial charge in [-0.3, -0.25) is 4.98 Å². The average Bonchev–Trinajstić information content (AvgIpc) is 2.68. The van der Waals surface area contributed by atoms with Gasteiger partial charge in [0.15, 0.2) is 0 Å². The maximum atomic E-state index is 11.3. The average molecular weight is 355 g/mol. The van der Waals surface area contributed by atoms with Gasteiger partial charge in [-0.25, -0.2) is 9.78 Å². The summed E-state index contributed by atoms with van der Waals surface area (Å²) in [6.45, 7) is 4.29. The molecular weight excluding hydrogens is 338 g/mol. The second kappa shape index (κ2) is 6.58. The van der Waals surface area contributed by atoms with Crippen LogP contribution in [0.4, 0.5) is 11.5 Å². The number of aromatic nitrogens is 2. The fourth-order valence-corrected chi connectivity index (χ4v) is 3.04. The molecule has 2 N–H and O–H groups in total. The summed E-state index contributed by atoms with van der Waals surface area (Å²) in [4.78, 5) is 20.1. The number of carboxylic acid groups (broad SMARTS) is 1. The molecule has 0 bridgehead atoms. The van der Waals surface area contributed by atoms with Gasteiger partial charge in [0.1, 0.15) is 11.4 Å².